The van der Waals surface area contributed by atoms with E-state index in [9.17, 15) is 4.79 Å². The zero-order valence-electron chi connectivity index (χ0n) is 10.3. The van der Waals surface area contributed by atoms with E-state index in [1.807, 2.05) is 54.1 Å². The Kier molecular flexibility index (Phi) is 4.15. The van der Waals surface area contributed by atoms with Gasteiger partial charge >= 0.3 is 0 Å². The molecule has 0 unspecified atom stereocenters. The summed E-state index contributed by atoms with van der Waals surface area (Å²) in [6.45, 7) is 2.94. The van der Waals surface area contributed by atoms with Gasteiger partial charge in [-0.25, -0.2) is 5.48 Å². The van der Waals surface area contributed by atoms with Crippen LogP contribution in [-0.2, 0) is 11.4 Å². The Morgan fingerprint density at radius 3 is 2.72 bits per heavy atom. The third-order valence-corrected chi connectivity index (χ3v) is 2.57. The average Bonchev–Trinajstić information content (AvgIpc) is 2.85. The summed E-state index contributed by atoms with van der Waals surface area (Å²) in [7, 11) is 0. The molecule has 0 aliphatic heterocycles. The second-order valence-electron chi connectivity index (χ2n) is 3.87. The highest BCUT2D eigenvalue weighted by Gasteiger charge is 2.10. The molecule has 0 spiro atoms. The minimum Gasteiger partial charge on any atom is -0.339 e. The Bertz CT molecular complexity index is 506. The summed E-state index contributed by atoms with van der Waals surface area (Å²) in [5.41, 5.74) is 4.14. The standard InChI is InChI=1S/C14H16N2O2/c1-2-18-15-14(17)13-9-6-10-16(13)11-12-7-4-3-5-8-12/h3-10H,2,11H2,1H3,(H,15,17). The maximum Gasteiger partial charge on any atom is 0.291 e. The number of rotatable bonds is 5. The highest BCUT2D eigenvalue weighted by molar-refractivity contribution is 5.91. The van der Waals surface area contributed by atoms with Gasteiger partial charge < -0.3 is 4.57 Å². The van der Waals surface area contributed by atoms with Gasteiger partial charge in [0.15, 0.2) is 0 Å². The summed E-state index contributed by atoms with van der Waals surface area (Å²) in [6.07, 6.45) is 1.88. The molecule has 0 bridgehead atoms. The fourth-order valence-electron chi connectivity index (χ4n) is 1.73. The average molecular weight is 244 g/mol. The monoisotopic (exact) mass is 244 g/mol. The van der Waals surface area contributed by atoms with Crippen LogP contribution < -0.4 is 5.48 Å². The van der Waals surface area contributed by atoms with E-state index in [2.05, 4.69) is 5.48 Å². The van der Waals surface area contributed by atoms with Crippen molar-refractivity contribution in [1.82, 2.24) is 10.0 Å². The molecule has 2 aromatic rings. The quantitative estimate of drug-likeness (QED) is 0.819. The predicted octanol–water partition coefficient (Wildman–Crippen LogP) is 2.22. The fourth-order valence-corrected chi connectivity index (χ4v) is 1.73. The molecular weight excluding hydrogens is 228 g/mol. The number of nitrogens with one attached hydrogen (secondary N) is 1. The van der Waals surface area contributed by atoms with Crippen molar-refractivity contribution in [2.24, 2.45) is 0 Å². The first-order valence-corrected chi connectivity index (χ1v) is 5.92. The molecular formula is C14H16N2O2. The molecule has 0 aliphatic carbocycles. The molecule has 1 heterocycles. The lowest BCUT2D eigenvalue weighted by molar-refractivity contribution is 0.0356. The first-order chi connectivity index (χ1) is 8.81. The Morgan fingerprint density at radius 2 is 2.00 bits per heavy atom. The van der Waals surface area contributed by atoms with E-state index in [1.165, 1.54) is 0 Å². The van der Waals surface area contributed by atoms with Crippen LogP contribution >= 0.6 is 0 Å². The highest BCUT2D eigenvalue weighted by Crippen LogP contribution is 2.07. The van der Waals surface area contributed by atoms with Gasteiger partial charge in [0.05, 0.1) is 6.61 Å². The summed E-state index contributed by atoms with van der Waals surface area (Å²) in [5, 5.41) is 0. The summed E-state index contributed by atoms with van der Waals surface area (Å²) in [4.78, 5) is 16.7. The van der Waals surface area contributed by atoms with Gasteiger partial charge in [0, 0.05) is 12.7 Å². The Morgan fingerprint density at radius 1 is 1.22 bits per heavy atom. The SMILES string of the molecule is CCONC(=O)c1cccn1Cc1ccccc1. The third-order valence-electron chi connectivity index (χ3n) is 2.57. The van der Waals surface area contributed by atoms with Crippen molar-refractivity contribution < 1.29 is 9.63 Å². The van der Waals surface area contributed by atoms with Crippen molar-refractivity contribution in [3.05, 3.63) is 59.9 Å². The van der Waals surface area contributed by atoms with Crippen LogP contribution in [0.5, 0.6) is 0 Å². The first-order valence-electron chi connectivity index (χ1n) is 5.92. The van der Waals surface area contributed by atoms with E-state index in [0.29, 0.717) is 18.8 Å². The Balaban J connectivity index is 2.10. The number of benzene rings is 1. The van der Waals surface area contributed by atoms with Gasteiger partial charge in [0.1, 0.15) is 5.69 Å². The van der Waals surface area contributed by atoms with Crippen molar-refractivity contribution in [2.45, 2.75) is 13.5 Å². The van der Waals surface area contributed by atoms with Crippen molar-refractivity contribution in [3.63, 3.8) is 0 Å². The van der Waals surface area contributed by atoms with Gasteiger partial charge in [-0.2, -0.15) is 0 Å². The van der Waals surface area contributed by atoms with E-state index in [-0.39, 0.29) is 5.91 Å². The van der Waals surface area contributed by atoms with Crippen molar-refractivity contribution in [1.29, 1.82) is 0 Å². The molecule has 2 rings (SSSR count). The van der Waals surface area contributed by atoms with Crippen LogP contribution in [0.1, 0.15) is 23.0 Å². The predicted molar refractivity (Wildman–Crippen MR) is 69.1 cm³/mol. The lowest BCUT2D eigenvalue weighted by atomic mass is 10.2. The number of carbonyl (C=O) groups is 1. The molecule has 0 aliphatic rings. The number of carbonyl (C=O) groups excluding carboxylic acids is 1. The van der Waals surface area contributed by atoms with E-state index >= 15 is 0 Å². The molecule has 1 amide bonds. The molecule has 18 heavy (non-hydrogen) atoms. The number of aromatic nitrogens is 1. The Hall–Kier alpha value is -2.07. The molecule has 1 aromatic heterocycles. The summed E-state index contributed by atoms with van der Waals surface area (Å²) in [6, 6.07) is 13.6. The molecule has 0 saturated carbocycles. The Labute approximate surface area is 106 Å². The van der Waals surface area contributed by atoms with Gasteiger partial charge in [-0.05, 0) is 24.6 Å². The number of amides is 1. The van der Waals surface area contributed by atoms with E-state index in [4.69, 9.17) is 4.84 Å². The molecule has 94 valence electrons. The topological polar surface area (TPSA) is 43.3 Å². The second-order valence-corrected chi connectivity index (χ2v) is 3.87. The van der Waals surface area contributed by atoms with Crippen molar-refractivity contribution in [2.75, 3.05) is 6.61 Å². The minimum atomic E-state index is -0.224. The zero-order valence-corrected chi connectivity index (χ0v) is 10.3. The number of nitrogens with zero attached hydrogens (tertiary/aromatic N) is 1. The summed E-state index contributed by atoms with van der Waals surface area (Å²) < 4.78 is 1.89. The lowest BCUT2D eigenvalue weighted by Crippen LogP contribution is -2.26. The van der Waals surface area contributed by atoms with Crippen molar-refractivity contribution in [3.8, 4) is 0 Å². The lowest BCUT2D eigenvalue weighted by Gasteiger charge is -2.09. The first kappa shape index (κ1) is 12.4. The molecule has 1 aromatic carbocycles. The van der Waals surface area contributed by atoms with Crippen molar-refractivity contribution >= 4 is 5.91 Å². The largest absolute Gasteiger partial charge is 0.339 e. The zero-order chi connectivity index (χ0) is 12.8. The van der Waals surface area contributed by atoms with E-state index in [1.54, 1.807) is 6.07 Å². The van der Waals surface area contributed by atoms with E-state index in [0.717, 1.165) is 5.56 Å². The molecule has 0 atom stereocenters. The summed E-state index contributed by atoms with van der Waals surface area (Å²) >= 11 is 0. The second kappa shape index (κ2) is 6.02. The van der Waals surface area contributed by atoms with Crippen LogP contribution in [-0.4, -0.2) is 17.1 Å². The van der Waals surface area contributed by atoms with Gasteiger partial charge in [-0.1, -0.05) is 30.3 Å². The van der Waals surface area contributed by atoms with Crippen LogP contribution in [0.25, 0.3) is 0 Å². The molecule has 1 N–H and O–H groups in total. The van der Waals surface area contributed by atoms with Crippen LogP contribution in [0.15, 0.2) is 48.7 Å². The summed E-state index contributed by atoms with van der Waals surface area (Å²) in [5.74, 6) is -0.224. The van der Waals surface area contributed by atoms with Crippen LogP contribution in [0, 0.1) is 0 Å². The number of hydrogen-bond donors (Lipinski definition) is 1. The smallest absolute Gasteiger partial charge is 0.291 e. The van der Waals surface area contributed by atoms with Gasteiger partial charge in [0.2, 0.25) is 0 Å². The molecule has 4 heteroatoms. The molecule has 0 fully saturated rings. The maximum absolute atomic E-state index is 11.8. The minimum absolute atomic E-state index is 0.224. The maximum atomic E-state index is 11.8. The van der Waals surface area contributed by atoms with Crippen LogP contribution in [0.3, 0.4) is 0 Å². The van der Waals surface area contributed by atoms with E-state index < -0.39 is 0 Å². The van der Waals surface area contributed by atoms with Gasteiger partial charge in [-0.15, -0.1) is 0 Å². The molecule has 0 radical (unpaired) electrons. The van der Waals surface area contributed by atoms with Crippen LogP contribution in [0.4, 0.5) is 0 Å². The van der Waals surface area contributed by atoms with Gasteiger partial charge in [-0.3, -0.25) is 9.63 Å². The normalized spacial score (nSPS) is 10.3. The fraction of sp³-hybridized carbons (Fsp3) is 0.214. The number of hydroxylamine groups is 1. The highest BCUT2D eigenvalue weighted by atomic mass is 16.6. The van der Waals surface area contributed by atoms with Crippen LogP contribution in [0.2, 0.25) is 0 Å². The molecule has 0 saturated heterocycles. The number of hydrogen-bond acceptors (Lipinski definition) is 2. The van der Waals surface area contributed by atoms with Gasteiger partial charge in [0.25, 0.3) is 5.91 Å². The third kappa shape index (κ3) is 2.99. The molecule has 4 nitrogen and oxygen atoms in total.